The summed E-state index contributed by atoms with van der Waals surface area (Å²) in [5.41, 5.74) is 0. The van der Waals surface area contributed by atoms with Crippen LogP contribution in [0.15, 0.2) is 0 Å². The van der Waals surface area contributed by atoms with E-state index in [2.05, 4.69) is 17.1 Å². The Balaban J connectivity index is 1.73. The van der Waals surface area contributed by atoms with Gasteiger partial charge in [0.05, 0.1) is 6.61 Å². The molecule has 0 unspecified atom stereocenters. The minimum atomic E-state index is 0.928. The van der Waals surface area contributed by atoms with Crippen LogP contribution in [0.2, 0.25) is 0 Å². The van der Waals surface area contributed by atoms with Gasteiger partial charge in [0, 0.05) is 13.2 Å². The van der Waals surface area contributed by atoms with Crippen LogP contribution in [0, 0.1) is 0 Å². The van der Waals surface area contributed by atoms with Gasteiger partial charge < -0.3 is 15.0 Å². The lowest BCUT2D eigenvalue weighted by molar-refractivity contribution is 0.0938. The lowest BCUT2D eigenvalue weighted by Crippen LogP contribution is -2.32. The van der Waals surface area contributed by atoms with Crippen LogP contribution >= 0.6 is 0 Å². The smallest absolute Gasteiger partial charge is 0.0593 e. The van der Waals surface area contributed by atoms with Crippen molar-refractivity contribution in [2.75, 3.05) is 45.9 Å². The molecule has 1 aliphatic rings. The molecule has 0 aliphatic carbocycles. The van der Waals surface area contributed by atoms with Crippen LogP contribution < -0.4 is 5.32 Å². The molecule has 0 radical (unpaired) electrons. The van der Waals surface area contributed by atoms with Crippen molar-refractivity contribution < 1.29 is 4.74 Å². The van der Waals surface area contributed by atoms with Crippen LogP contribution in [0.5, 0.6) is 0 Å². The fourth-order valence-electron chi connectivity index (χ4n) is 2.46. The molecule has 0 bridgehead atoms. The number of hydrogen-bond donors (Lipinski definition) is 1. The predicted octanol–water partition coefficient (Wildman–Crippen LogP) is 2.66. The highest BCUT2D eigenvalue weighted by Crippen LogP contribution is 2.07. The van der Waals surface area contributed by atoms with Gasteiger partial charge in [-0.3, -0.25) is 0 Å². The van der Waals surface area contributed by atoms with Crippen molar-refractivity contribution in [1.29, 1.82) is 0 Å². The molecule has 0 saturated carbocycles. The van der Waals surface area contributed by atoms with Crippen molar-refractivity contribution in [3.63, 3.8) is 0 Å². The fourth-order valence-corrected chi connectivity index (χ4v) is 2.46. The van der Waals surface area contributed by atoms with Gasteiger partial charge in [0.15, 0.2) is 0 Å². The number of ether oxygens (including phenoxy) is 1. The van der Waals surface area contributed by atoms with E-state index in [1.54, 1.807) is 0 Å². The number of hydrogen-bond acceptors (Lipinski definition) is 3. The summed E-state index contributed by atoms with van der Waals surface area (Å²) in [7, 11) is 0. The van der Waals surface area contributed by atoms with Crippen LogP contribution in [0.4, 0.5) is 0 Å². The zero-order chi connectivity index (χ0) is 12.9. The molecule has 0 aromatic carbocycles. The number of rotatable bonds is 11. The van der Waals surface area contributed by atoms with E-state index in [-0.39, 0.29) is 0 Å². The average molecular weight is 256 g/mol. The zero-order valence-corrected chi connectivity index (χ0v) is 12.3. The van der Waals surface area contributed by atoms with E-state index in [0.717, 1.165) is 26.3 Å². The Morgan fingerprint density at radius 1 is 0.944 bits per heavy atom. The first-order chi connectivity index (χ1) is 8.93. The summed E-state index contributed by atoms with van der Waals surface area (Å²) in [5, 5.41) is 3.36. The van der Waals surface area contributed by atoms with E-state index in [1.165, 1.54) is 64.6 Å². The maximum absolute atomic E-state index is 5.71. The van der Waals surface area contributed by atoms with E-state index < -0.39 is 0 Å². The number of nitrogens with one attached hydrogen (secondary N) is 1. The van der Waals surface area contributed by atoms with Gasteiger partial charge in [-0.2, -0.15) is 0 Å². The number of nitrogens with zero attached hydrogens (tertiary/aromatic N) is 1. The summed E-state index contributed by atoms with van der Waals surface area (Å²) >= 11 is 0. The number of unbranched alkanes of at least 4 members (excludes halogenated alkanes) is 3. The topological polar surface area (TPSA) is 24.5 Å². The van der Waals surface area contributed by atoms with Gasteiger partial charge in [0.1, 0.15) is 0 Å². The average Bonchev–Trinajstić information content (AvgIpc) is 2.42. The van der Waals surface area contributed by atoms with Gasteiger partial charge in [-0.15, -0.1) is 0 Å². The largest absolute Gasteiger partial charge is 0.380 e. The fraction of sp³-hybridized carbons (Fsp3) is 1.00. The summed E-state index contributed by atoms with van der Waals surface area (Å²) < 4.78 is 5.71. The first kappa shape index (κ1) is 15.9. The lowest BCUT2D eigenvalue weighted by atomic mass is 10.1. The van der Waals surface area contributed by atoms with Gasteiger partial charge in [0.2, 0.25) is 0 Å². The predicted molar refractivity (Wildman–Crippen MR) is 78.1 cm³/mol. The minimum absolute atomic E-state index is 0.928. The van der Waals surface area contributed by atoms with Crippen molar-refractivity contribution in [2.24, 2.45) is 0 Å². The lowest BCUT2D eigenvalue weighted by Gasteiger charge is -2.26. The molecule has 1 rings (SSSR count). The summed E-state index contributed by atoms with van der Waals surface area (Å²) in [6.07, 6.45) is 9.37. The molecule has 1 fully saturated rings. The Hall–Kier alpha value is -0.120. The van der Waals surface area contributed by atoms with Gasteiger partial charge in [-0.1, -0.05) is 26.2 Å². The van der Waals surface area contributed by atoms with Crippen LogP contribution in [-0.4, -0.2) is 50.8 Å². The minimum Gasteiger partial charge on any atom is -0.380 e. The van der Waals surface area contributed by atoms with E-state index in [0.29, 0.717) is 0 Å². The van der Waals surface area contributed by atoms with Crippen molar-refractivity contribution in [3.05, 3.63) is 0 Å². The summed E-state index contributed by atoms with van der Waals surface area (Å²) in [4.78, 5) is 2.54. The Labute approximate surface area is 113 Å². The highest BCUT2D eigenvalue weighted by molar-refractivity contribution is 4.63. The highest BCUT2D eigenvalue weighted by atomic mass is 16.5. The Kier molecular flexibility index (Phi) is 10.6. The summed E-state index contributed by atoms with van der Waals surface area (Å²) in [6.45, 7) is 10.0. The number of piperidine rings is 1. The molecule has 3 heteroatoms. The molecule has 0 aromatic heterocycles. The maximum atomic E-state index is 5.71. The second-order valence-electron chi connectivity index (χ2n) is 5.28. The van der Waals surface area contributed by atoms with Gasteiger partial charge in [-0.25, -0.2) is 0 Å². The first-order valence-corrected chi connectivity index (χ1v) is 7.94. The molecule has 1 heterocycles. The molecular formula is C15H32N2O. The van der Waals surface area contributed by atoms with E-state index >= 15 is 0 Å². The molecule has 0 atom stereocenters. The third-order valence-electron chi connectivity index (χ3n) is 3.64. The molecule has 1 aliphatic heterocycles. The second-order valence-corrected chi connectivity index (χ2v) is 5.28. The van der Waals surface area contributed by atoms with E-state index in [9.17, 15) is 0 Å². The zero-order valence-electron chi connectivity index (χ0n) is 12.3. The van der Waals surface area contributed by atoms with Gasteiger partial charge >= 0.3 is 0 Å². The van der Waals surface area contributed by atoms with E-state index in [4.69, 9.17) is 4.74 Å². The van der Waals surface area contributed by atoms with E-state index in [1.807, 2.05) is 0 Å². The van der Waals surface area contributed by atoms with Gasteiger partial charge in [-0.05, 0) is 51.9 Å². The van der Waals surface area contributed by atoms with Crippen LogP contribution in [0.3, 0.4) is 0 Å². The third-order valence-corrected chi connectivity index (χ3v) is 3.64. The van der Waals surface area contributed by atoms with Crippen LogP contribution in [0.25, 0.3) is 0 Å². The second kappa shape index (κ2) is 11.9. The van der Waals surface area contributed by atoms with Crippen molar-refractivity contribution in [1.82, 2.24) is 10.2 Å². The Morgan fingerprint density at radius 2 is 1.72 bits per heavy atom. The van der Waals surface area contributed by atoms with Crippen molar-refractivity contribution >= 4 is 0 Å². The van der Waals surface area contributed by atoms with Crippen molar-refractivity contribution in [2.45, 2.75) is 51.9 Å². The molecule has 1 N–H and O–H groups in total. The Bertz CT molecular complexity index is 170. The molecule has 18 heavy (non-hydrogen) atoms. The standard InChI is InChI=1S/C15H32N2O/c1-2-16-10-6-3-4-9-14-18-15-13-17-11-7-5-8-12-17/h16H,2-15H2,1H3. The summed E-state index contributed by atoms with van der Waals surface area (Å²) in [6, 6.07) is 0. The third kappa shape index (κ3) is 8.90. The molecule has 0 aromatic rings. The normalized spacial score (nSPS) is 17.2. The van der Waals surface area contributed by atoms with Crippen molar-refractivity contribution in [3.8, 4) is 0 Å². The molecule has 3 nitrogen and oxygen atoms in total. The molecule has 108 valence electrons. The molecule has 0 spiro atoms. The highest BCUT2D eigenvalue weighted by Gasteiger charge is 2.08. The monoisotopic (exact) mass is 256 g/mol. The van der Waals surface area contributed by atoms with Crippen LogP contribution in [0.1, 0.15) is 51.9 Å². The SMILES string of the molecule is CCNCCCCCCOCCN1CCCCC1. The quantitative estimate of drug-likeness (QED) is 0.575. The first-order valence-electron chi connectivity index (χ1n) is 7.94. The maximum Gasteiger partial charge on any atom is 0.0593 e. The molecule has 1 saturated heterocycles. The molecule has 0 amide bonds. The number of likely N-dealkylation sites (tertiary alicyclic amines) is 1. The van der Waals surface area contributed by atoms with Gasteiger partial charge in [0.25, 0.3) is 0 Å². The summed E-state index contributed by atoms with van der Waals surface area (Å²) in [5.74, 6) is 0. The molecular weight excluding hydrogens is 224 g/mol. The Morgan fingerprint density at radius 3 is 2.50 bits per heavy atom. The van der Waals surface area contributed by atoms with Crippen LogP contribution in [-0.2, 0) is 4.74 Å².